The lowest BCUT2D eigenvalue weighted by atomic mass is 9.77. The Kier molecular flexibility index (Phi) is 8.71. The van der Waals surface area contributed by atoms with Gasteiger partial charge in [-0.3, -0.25) is 14.5 Å². The van der Waals surface area contributed by atoms with Crippen molar-refractivity contribution in [2.45, 2.75) is 82.4 Å². The highest BCUT2D eigenvalue weighted by Crippen LogP contribution is 2.48. The van der Waals surface area contributed by atoms with Crippen LogP contribution in [-0.4, -0.2) is 37.1 Å². The molecule has 0 saturated carbocycles. The molecular weight excluding hydrogens is 632 g/mol. The fraction of sp³-hybridized carbons (Fsp3) is 0.364. The number of phenolic OH excluding ortho intramolecular Hbond substituents is 1. The summed E-state index contributed by atoms with van der Waals surface area (Å²) in [5.74, 6) is -1.84. The van der Waals surface area contributed by atoms with Crippen LogP contribution >= 0.6 is 34.4 Å². The van der Waals surface area contributed by atoms with E-state index >= 15 is 0 Å². The summed E-state index contributed by atoms with van der Waals surface area (Å²) in [7, 11) is 0. The second kappa shape index (κ2) is 12.0. The van der Waals surface area contributed by atoms with E-state index in [0.717, 1.165) is 11.3 Å². The van der Waals surface area contributed by atoms with Crippen LogP contribution in [0.4, 0.5) is 9.52 Å². The van der Waals surface area contributed by atoms with Gasteiger partial charge < -0.3 is 10.2 Å². The molecule has 0 saturated heterocycles. The number of aliphatic hydroxyl groups excluding tert-OH is 1. The molecule has 0 aliphatic carbocycles. The third-order valence-electron chi connectivity index (χ3n) is 7.54. The summed E-state index contributed by atoms with van der Waals surface area (Å²) in [6.07, 6.45) is 0. The van der Waals surface area contributed by atoms with Gasteiger partial charge in [-0.25, -0.2) is 9.37 Å². The molecule has 2 aromatic carbocycles. The van der Waals surface area contributed by atoms with Gasteiger partial charge in [-0.15, -0.1) is 21.5 Å². The fourth-order valence-electron chi connectivity index (χ4n) is 5.29. The van der Waals surface area contributed by atoms with Crippen molar-refractivity contribution in [3.63, 3.8) is 0 Å². The monoisotopic (exact) mass is 666 g/mol. The minimum absolute atomic E-state index is 0.0899. The Balaban J connectivity index is 1.66. The maximum atomic E-state index is 14.2. The van der Waals surface area contributed by atoms with E-state index in [9.17, 15) is 24.2 Å². The largest absolute Gasteiger partial charge is 0.507 e. The number of ketones is 1. The molecule has 45 heavy (non-hydrogen) atoms. The van der Waals surface area contributed by atoms with Crippen molar-refractivity contribution in [2.75, 3.05) is 4.90 Å². The maximum absolute atomic E-state index is 14.2. The van der Waals surface area contributed by atoms with Crippen LogP contribution < -0.4 is 4.90 Å². The Morgan fingerprint density at radius 1 is 1.00 bits per heavy atom. The third kappa shape index (κ3) is 6.28. The van der Waals surface area contributed by atoms with Gasteiger partial charge in [0.15, 0.2) is 10.1 Å². The average molecular weight is 667 g/mol. The van der Waals surface area contributed by atoms with Crippen LogP contribution in [0.2, 0.25) is 0 Å². The van der Waals surface area contributed by atoms with E-state index in [-0.39, 0.29) is 22.3 Å². The lowest BCUT2D eigenvalue weighted by Crippen LogP contribution is -2.31. The summed E-state index contributed by atoms with van der Waals surface area (Å²) >= 11 is 3.59. The molecule has 2 aromatic heterocycles. The van der Waals surface area contributed by atoms with Crippen LogP contribution in [0.3, 0.4) is 0 Å². The van der Waals surface area contributed by atoms with Crippen LogP contribution in [0.5, 0.6) is 5.75 Å². The van der Waals surface area contributed by atoms with Gasteiger partial charge >= 0.3 is 0 Å². The highest BCUT2D eigenvalue weighted by molar-refractivity contribution is 8.00. The summed E-state index contributed by atoms with van der Waals surface area (Å²) in [6, 6.07) is 8.99. The van der Waals surface area contributed by atoms with Gasteiger partial charge in [0.25, 0.3) is 5.91 Å². The van der Waals surface area contributed by atoms with E-state index in [0.29, 0.717) is 47.9 Å². The predicted molar refractivity (Wildman–Crippen MR) is 177 cm³/mol. The standard InChI is InChI=1S/C33H35FN4O4S3/c1-16-28(44-17(2)35-16)26(40)23-24(19-13-20(32(3,4)5)25(39)21(14-19)33(6,7)8)38(29(42)27(23)41)30-36-37-31(45-30)43-15-18-11-9-10-12-22(18)34/h9-14,24,39,41H,15H2,1-8H3. The first-order chi connectivity index (χ1) is 21.0. The van der Waals surface area contributed by atoms with Gasteiger partial charge in [-0.2, -0.15) is 0 Å². The number of amides is 1. The van der Waals surface area contributed by atoms with Gasteiger partial charge in [0.2, 0.25) is 10.9 Å². The van der Waals surface area contributed by atoms with Crippen LogP contribution in [0, 0.1) is 19.7 Å². The number of Topliss-reactive ketones (excluding diaryl/α,β-unsaturated/α-hetero) is 1. The normalized spacial score (nSPS) is 15.8. The Labute approximate surface area is 274 Å². The van der Waals surface area contributed by atoms with E-state index in [2.05, 4.69) is 15.2 Å². The maximum Gasteiger partial charge on any atom is 0.296 e. The molecule has 1 aliphatic heterocycles. The summed E-state index contributed by atoms with van der Waals surface area (Å²) in [6.45, 7) is 15.4. The SMILES string of the molecule is Cc1nc(C)c(C(=O)C2=C(O)C(=O)N(c3nnc(SCc4ccccc4F)s3)C2c2cc(C(C)(C)C)c(O)c(C(C)(C)C)c2)s1. The van der Waals surface area contributed by atoms with Crippen LogP contribution in [-0.2, 0) is 21.4 Å². The van der Waals surface area contributed by atoms with E-state index < -0.39 is 34.3 Å². The summed E-state index contributed by atoms with van der Waals surface area (Å²) in [4.78, 5) is 34.1. The number of thioether (sulfide) groups is 1. The molecule has 0 bridgehead atoms. The van der Waals surface area contributed by atoms with Crippen molar-refractivity contribution >= 4 is 51.3 Å². The molecule has 8 nitrogen and oxygen atoms in total. The second-order valence-corrected chi connectivity index (χ2v) is 16.4. The first-order valence-corrected chi connectivity index (χ1v) is 16.9. The number of hydrogen-bond donors (Lipinski definition) is 2. The highest BCUT2D eigenvalue weighted by Gasteiger charge is 2.47. The number of hydrogen-bond acceptors (Lipinski definition) is 10. The molecule has 5 rings (SSSR count). The molecule has 4 aromatic rings. The molecule has 1 aliphatic rings. The zero-order valence-corrected chi connectivity index (χ0v) is 28.8. The number of aromatic nitrogens is 3. The quantitative estimate of drug-likeness (QED) is 0.115. The smallest absolute Gasteiger partial charge is 0.296 e. The van der Waals surface area contributed by atoms with Gasteiger partial charge in [0, 0.05) is 5.75 Å². The highest BCUT2D eigenvalue weighted by atomic mass is 32.2. The van der Waals surface area contributed by atoms with Gasteiger partial charge in [-0.1, -0.05) is 82.8 Å². The minimum atomic E-state index is -1.06. The number of phenols is 1. The molecule has 236 valence electrons. The lowest BCUT2D eigenvalue weighted by Gasteiger charge is -2.31. The Morgan fingerprint density at radius 3 is 2.18 bits per heavy atom. The van der Waals surface area contributed by atoms with Crippen molar-refractivity contribution < 1.29 is 24.2 Å². The first kappa shape index (κ1) is 32.8. The second-order valence-electron chi connectivity index (χ2n) is 13.0. The summed E-state index contributed by atoms with van der Waals surface area (Å²) < 4.78 is 14.7. The Morgan fingerprint density at radius 2 is 1.62 bits per heavy atom. The lowest BCUT2D eigenvalue weighted by molar-refractivity contribution is -0.117. The Bertz CT molecular complexity index is 1810. The first-order valence-electron chi connectivity index (χ1n) is 14.3. The van der Waals surface area contributed by atoms with Crippen molar-refractivity contribution in [2.24, 2.45) is 0 Å². The van der Waals surface area contributed by atoms with Gasteiger partial charge in [0.05, 0.1) is 27.2 Å². The van der Waals surface area contributed by atoms with Crippen molar-refractivity contribution in [1.29, 1.82) is 0 Å². The number of aryl methyl sites for hydroxylation is 2. The molecule has 0 fully saturated rings. The topological polar surface area (TPSA) is 117 Å². The fourth-order valence-corrected chi connectivity index (χ4v) is 8.01. The molecule has 3 heterocycles. The molecule has 1 amide bonds. The van der Waals surface area contributed by atoms with Gasteiger partial charge in [0.1, 0.15) is 11.6 Å². The van der Waals surface area contributed by atoms with E-state index in [1.807, 2.05) is 41.5 Å². The minimum Gasteiger partial charge on any atom is -0.507 e. The number of halogens is 1. The molecule has 1 unspecified atom stereocenters. The molecule has 12 heteroatoms. The molecule has 2 N–H and O–H groups in total. The molecule has 0 spiro atoms. The Hall–Kier alpha value is -3.61. The predicted octanol–water partition coefficient (Wildman–Crippen LogP) is 8.13. The number of aromatic hydroxyl groups is 1. The van der Waals surface area contributed by atoms with E-state index in [1.165, 1.54) is 34.1 Å². The van der Waals surface area contributed by atoms with Crippen molar-refractivity contribution in [1.82, 2.24) is 15.2 Å². The van der Waals surface area contributed by atoms with Crippen molar-refractivity contribution in [3.05, 3.63) is 91.4 Å². The molecule has 1 atom stereocenters. The number of rotatable bonds is 7. The zero-order chi connectivity index (χ0) is 33.0. The number of carbonyl (C=O) groups is 2. The number of anilines is 1. The van der Waals surface area contributed by atoms with E-state index in [4.69, 9.17) is 0 Å². The van der Waals surface area contributed by atoms with Crippen LogP contribution in [0.25, 0.3) is 0 Å². The zero-order valence-electron chi connectivity index (χ0n) is 26.4. The number of carbonyl (C=O) groups excluding carboxylic acids is 2. The average Bonchev–Trinajstić information content (AvgIpc) is 3.62. The summed E-state index contributed by atoms with van der Waals surface area (Å²) in [5, 5.41) is 32.2. The molecule has 0 radical (unpaired) electrons. The third-order valence-corrected chi connectivity index (χ3v) is 10.7. The molecular formula is C33H35FN4O4S3. The number of aliphatic hydroxyl groups is 1. The number of nitrogens with zero attached hydrogens (tertiary/aromatic N) is 4. The van der Waals surface area contributed by atoms with Crippen LogP contribution in [0.15, 0.2) is 52.1 Å². The number of benzene rings is 2. The van der Waals surface area contributed by atoms with Gasteiger partial charge in [-0.05, 0) is 65.1 Å². The number of thiazole rings is 1. The van der Waals surface area contributed by atoms with E-state index in [1.54, 1.807) is 44.2 Å². The summed E-state index contributed by atoms with van der Waals surface area (Å²) in [5.41, 5.74) is 1.75. The van der Waals surface area contributed by atoms with Crippen molar-refractivity contribution in [3.8, 4) is 5.75 Å². The van der Waals surface area contributed by atoms with Crippen LogP contribution in [0.1, 0.15) is 90.2 Å².